The Hall–Kier alpha value is -0.930. The zero-order chi connectivity index (χ0) is 12.8. The van der Waals surface area contributed by atoms with Crippen LogP contribution in [-0.2, 0) is 0 Å². The van der Waals surface area contributed by atoms with Gasteiger partial charge in [0.1, 0.15) is 5.82 Å². The number of hydrogen-bond acceptors (Lipinski definition) is 2. The van der Waals surface area contributed by atoms with Crippen LogP contribution in [-0.4, -0.2) is 18.9 Å². The molecule has 1 aliphatic carbocycles. The quantitative estimate of drug-likeness (QED) is 0.835. The Morgan fingerprint density at radius 1 is 1.39 bits per heavy atom. The number of Topliss-reactive ketones (excluding diaryl/α,β-unsaturated/α-hetero) is 1. The van der Waals surface area contributed by atoms with Crippen LogP contribution in [0.1, 0.15) is 29.6 Å². The summed E-state index contributed by atoms with van der Waals surface area (Å²) in [5.41, 5.74) is 0.341. The molecule has 2 fully saturated rings. The molecule has 1 N–H and O–H groups in total. The first-order valence-electron chi connectivity index (χ1n) is 6.32. The van der Waals surface area contributed by atoms with E-state index in [1.54, 1.807) is 6.07 Å². The molecule has 0 bridgehead atoms. The van der Waals surface area contributed by atoms with E-state index in [1.165, 1.54) is 12.1 Å². The molecule has 4 heteroatoms. The van der Waals surface area contributed by atoms with Gasteiger partial charge in [-0.3, -0.25) is 4.79 Å². The van der Waals surface area contributed by atoms with E-state index in [1.807, 2.05) is 0 Å². The molecular weight excluding hydrogens is 253 g/mol. The van der Waals surface area contributed by atoms with E-state index in [2.05, 4.69) is 5.32 Å². The SMILES string of the molecule is O=C(c1ccc(Cl)cc1F)C1CC12CCNCC2. The molecule has 18 heavy (non-hydrogen) atoms. The summed E-state index contributed by atoms with van der Waals surface area (Å²) in [6.07, 6.45) is 2.97. The second-order valence-electron chi connectivity index (χ2n) is 5.36. The molecule has 1 spiro atoms. The number of ketones is 1. The lowest BCUT2D eigenvalue weighted by atomic mass is 9.89. The Balaban J connectivity index is 1.80. The minimum absolute atomic E-state index is 0.00951. The number of halogens is 2. The predicted octanol–water partition coefficient (Wildman–Crippen LogP) is 3.05. The highest BCUT2D eigenvalue weighted by Gasteiger charge is 2.57. The lowest BCUT2D eigenvalue weighted by Crippen LogP contribution is -2.30. The Labute approximate surface area is 111 Å². The lowest BCUT2D eigenvalue weighted by molar-refractivity contribution is 0.0936. The topological polar surface area (TPSA) is 29.1 Å². The van der Waals surface area contributed by atoms with Gasteiger partial charge in [-0.25, -0.2) is 4.39 Å². The molecule has 2 aliphatic rings. The van der Waals surface area contributed by atoms with Gasteiger partial charge in [0.15, 0.2) is 5.78 Å². The second-order valence-corrected chi connectivity index (χ2v) is 5.79. The fourth-order valence-electron chi connectivity index (χ4n) is 3.07. The van der Waals surface area contributed by atoms with Crippen LogP contribution in [0.5, 0.6) is 0 Å². The first kappa shape index (κ1) is 12.1. The average molecular weight is 268 g/mol. The van der Waals surface area contributed by atoms with Gasteiger partial charge in [0.05, 0.1) is 5.56 Å². The van der Waals surface area contributed by atoms with Gasteiger partial charge < -0.3 is 5.32 Å². The highest BCUT2D eigenvalue weighted by atomic mass is 35.5. The molecule has 1 heterocycles. The molecule has 1 aromatic rings. The fourth-order valence-corrected chi connectivity index (χ4v) is 3.23. The highest BCUT2D eigenvalue weighted by molar-refractivity contribution is 6.30. The van der Waals surface area contributed by atoms with E-state index in [0.29, 0.717) is 5.02 Å². The Morgan fingerprint density at radius 2 is 2.11 bits per heavy atom. The minimum Gasteiger partial charge on any atom is -0.317 e. The van der Waals surface area contributed by atoms with E-state index in [4.69, 9.17) is 11.6 Å². The van der Waals surface area contributed by atoms with Gasteiger partial charge in [0, 0.05) is 10.9 Å². The van der Waals surface area contributed by atoms with Gasteiger partial charge in [-0.05, 0) is 56.0 Å². The van der Waals surface area contributed by atoms with Crippen molar-refractivity contribution in [1.29, 1.82) is 0 Å². The van der Waals surface area contributed by atoms with Crippen molar-refractivity contribution in [2.45, 2.75) is 19.3 Å². The number of nitrogens with one attached hydrogen (secondary N) is 1. The van der Waals surface area contributed by atoms with Crippen LogP contribution in [0.4, 0.5) is 4.39 Å². The van der Waals surface area contributed by atoms with Crippen LogP contribution in [0, 0.1) is 17.2 Å². The zero-order valence-electron chi connectivity index (χ0n) is 10.0. The number of piperidine rings is 1. The normalized spacial score (nSPS) is 25.1. The minimum atomic E-state index is -0.497. The Bertz CT molecular complexity index is 497. The third kappa shape index (κ3) is 1.95. The molecule has 0 aromatic heterocycles. The molecule has 1 saturated carbocycles. The Kier molecular flexibility index (Phi) is 2.91. The van der Waals surface area contributed by atoms with Gasteiger partial charge in [-0.15, -0.1) is 0 Å². The molecule has 1 aliphatic heterocycles. The molecule has 1 aromatic carbocycles. The predicted molar refractivity (Wildman–Crippen MR) is 68.4 cm³/mol. The summed E-state index contributed by atoms with van der Waals surface area (Å²) in [4.78, 5) is 12.3. The van der Waals surface area contributed by atoms with E-state index in [0.717, 1.165) is 32.4 Å². The van der Waals surface area contributed by atoms with Crippen molar-refractivity contribution in [2.24, 2.45) is 11.3 Å². The maximum atomic E-state index is 13.7. The van der Waals surface area contributed by atoms with Crippen molar-refractivity contribution < 1.29 is 9.18 Å². The monoisotopic (exact) mass is 267 g/mol. The summed E-state index contributed by atoms with van der Waals surface area (Å²) < 4.78 is 13.7. The van der Waals surface area contributed by atoms with E-state index < -0.39 is 5.82 Å². The molecule has 3 rings (SSSR count). The summed E-state index contributed by atoms with van der Waals surface area (Å²) in [6, 6.07) is 4.30. The molecule has 1 unspecified atom stereocenters. The third-order valence-corrected chi connectivity index (χ3v) is 4.54. The number of rotatable bonds is 2. The van der Waals surface area contributed by atoms with Crippen LogP contribution in [0.15, 0.2) is 18.2 Å². The number of carbonyl (C=O) groups is 1. The van der Waals surface area contributed by atoms with Gasteiger partial charge in [-0.1, -0.05) is 11.6 Å². The largest absolute Gasteiger partial charge is 0.317 e. The first-order valence-corrected chi connectivity index (χ1v) is 6.70. The standard InChI is InChI=1S/C14H15ClFNO/c15-9-1-2-10(12(16)7-9)13(18)11-8-14(11)3-5-17-6-4-14/h1-2,7,11,17H,3-6,8H2. The van der Waals surface area contributed by atoms with E-state index in [9.17, 15) is 9.18 Å². The summed E-state index contributed by atoms with van der Waals surface area (Å²) in [5.74, 6) is -0.537. The van der Waals surface area contributed by atoms with E-state index in [-0.39, 0.29) is 22.7 Å². The molecule has 1 atom stereocenters. The van der Waals surface area contributed by atoms with Crippen molar-refractivity contribution in [3.8, 4) is 0 Å². The van der Waals surface area contributed by atoms with Crippen LogP contribution >= 0.6 is 11.6 Å². The van der Waals surface area contributed by atoms with Crippen molar-refractivity contribution >= 4 is 17.4 Å². The van der Waals surface area contributed by atoms with Crippen LogP contribution < -0.4 is 5.32 Å². The highest BCUT2D eigenvalue weighted by Crippen LogP contribution is 2.59. The molecule has 96 valence electrons. The number of carbonyl (C=O) groups excluding carboxylic acids is 1. The fraction of sp³-hybridized carbons (Fsp3) is 0.500. The van der Waals surface area contributed by atoms with Crippen LogP contribution in [0.2, 0.25) is 5.02 Å². The van der Waals surface area contributed by atoms with Gasteiger partial charge in [0.2, 0.25) is 0 Å². The van der Waals surface area contributed by atoms with Crippen molar-refractivity contribution in [2.75, 3.05) is 13.1 Å². The summed E-state index contributed by atoms with van der Waals surface area (Å²) in [6.45, 7) is 1.93. The van der Waals surface area contributed by atoms with Crippen molar-refractivity contribution in [3.63, 3.8) is 0 Å². The Morgan fingerprint density at radius 3 is 2.78 bits per heavy atom. The number of hydrogen-bond donors (Lipinski definition) is 1. The van der Waals surface area contributed by atoms with Crippen LogP contribution in [0.3, 0.4) is 0 Å². The summed E-state index contributed by atoms with van der Waals surface area (Å²) >= 11 is 5.70. The molecule has 1 saturated heterocycles. The van der Waals surface area contributed by atoms with Gasteiger partial charge in [0.25, 0.3) is 0 Å². The smallest absolute Gasteiger partial charge is 0.169 e. The van der Waals surface area contributed by atoms with Crippen LogP contribution in [0.25, 0.3) is 0 Å². The third-order valence-electron chi connectivity index (χ3n) is 4.30. The molecule has 0 radical (unpaired) electrons. The van der Waals surface area contributed by atoms with Crippen molar-refractivity contribution in [3.05, 3.63) is 34.6 Å². The van der Waals surface area contributed by atoms with E-state index >= 15 is 0 Å². The van der Waals surface area contributed by atoms with Gasteiger partial charge >= 0.3 is 0 Å². The maximum absolute atomic E-state index is 13.7. The molecule has 2 nitrogen and oxygen atoms in total. The van der Waals surface area contributed by atoms with Crippen molar-refractivity contribution in [1.82, 2.24) is 5.32 Å². The second kappa shape index (κ2) is 4.32. The maximum Gasteiger partial charge on any atom is 0.169 e. The number of benzene rings is 1. The molecular formula is C14H15ClFNO. The lowest BCUT2D eigenvalue weighted by Gasteiger charge is -2.23. The van der Waals surface area contributed by atoms with Gasteiger partial charge in [-0.2, -0.15) is 0 Å². The molecule has 0 amide bonds. The summed E-state index contributed by atoms with van der Waals surface area (Å²) in [5, 5.41) is 3.63. The average Bonchev–Trinajstić information content (AvgIpc) is 3.03. The first-order chi connectivity index (χ1) is 8.62. The zero-order valence-corrected chi connectivity index (χ0v) is 10.8. The summed E-state index contributed by atoms with van der Waals surface area (Å²) in [7, 11) is 0.